The first kappa shape index (κ1) is 14.0. The number of anilines is 1. The van der Waals surface area contributed by atoms with Crippen molar-refractivity contribution in [3.8, 4) is 5.88 Å². The van der Waals surface area contributed by atoms with E-state index in [1.54, 1.807) is 25.3 Å². The zero-order valence-corrected chi connectivity index (χ0v) is 10.9. The Morgan fingerprint density at radius 3 is 2.83 bits per heavy atom. The first-order valence-corrected chi connectivity index (χ1v) is 5.75. The standard InChI is InChI=1S/C13H18N2O3/c1-4-18-12-6-5-11(9-15-12)14-8-7-10(2)13(16)17-3/h5-7,9,14H,4,8H2,1-3H3/b10-7-. The number of carbonyl (C=O) groups excluding carboxylic acids is 1. The van der Waals surface area contributed by atoms with Crippen LogP contribution in [0.3, 0.4) is 0 Å². The van der Waals surface area contributed by atoms with Gasteiger partial charge in [-0.1, -0.05) is 6.08 Å². The lowest BCUT2D eigenvalue weighted by Gasteiger charge is -2.05. The van der Waals surface area contributed by atoms with Crippen molar-refractivity contribution in [3.05, 3.63) is 30.0 Å². The number of hydrogen-bond acceptors (Lipinski definition) is 5. The van der Waals surface area contributed by atoms with E-state index >= 15 is 0 Å². The summed E-state index contributed by atoms with van der Waals surface area (Å²) in [6.45, 7) is 4.76. The van der Waals surface area contributed by atoms with Gasteiger partial charge in [0.05, 0.1) is 25.6 Å². The lowest BCUT2D eigenvalue weighted by atomic mass is 10.3. The molecular formula is C13H18N2O3. The molecule has 1 N–H and O–H groups in total. The van der Waals surface area contributed by atoms with Crippen LogP contribution in [0.4, 0.5) is 5.69 Å². The van der Waals surface area contributed by atoms with Crippen molar-refractivity contribution in [2.24, 2.45) is 0 Å². The van der Waals surface area contributed by atoms with Crippen molar-refractivity contribution < 1.29 is 14.3 Å². The van der Waals surface area contributed by atoms with Crippen molar-refractivity contribution in [1.29, 1.82) is 0 Å². The molecule has 5 heteroatoms. The van der Waals surface area contributed by atoms with Gasteiger partial charge in [0.1, 0.15) is 0 Å². The molecule has 0 aliphatic heterocycles. The highest BCUT2D eigenvalue weighted by molar-refractivity contribution is 5.87. The van der Waals surface area contributed by atoms with Crippen molar-refractivity contribution in [2.45, 2.75) is 13.8 Å². The van der Waals surface area contributed by atoms with Gasteiger partial charge < -0.3 is 14.8 Å². The molecule has 5 nitrogen and oxygen atoms in total. The molecule has 0 radical (unpaired) electrons. The highest BCUT2D eigenvalue weighted by Gasteiger charge is 2.01. The Hall–Kier alpha value is -2.04. The first-order chi connectivity index (χ1) is 8.67. The van der Waals surface area contributed by atoms with Crippen LogP contribution in [0.2, 0.25) is 0 Å². The first-order valence-electron chi connectivity index (χ1n) is 5.75. The molecule has 0 spiro atoms. The van der Waals surface area contributed by atoms with Crippen molar-refractivity contribution in [3.63, 3.8) is 0 Å². The number of aromatic nitrogens is 1. The fourth-order valence-electron chi connectivity index (χ4n) is 1.28. The second-order valence-electron chi connectivity index (χ2n) is 3.58. The molecular weight excluding hydrogens is 232 g/mol. The predicted molar refractivity (Wildman–Crippen MR) is 69.7 cm³/mol. The van der Waals surface area contributed by atoms with Gasteiger partial charge in [0.15, 0.2) is 0 Å². The van der Waals surface area contributed by atoms with Crippen molar-refractivity contribution in [2.75, 3.05) is 25.6 Å². The molecule has 0 atom stereocenters. The molecule has 0 aliphatic rings. The molecule has 98 valence electrons. The highest BCUT2D eigenvalue weighted by atomic mass is 16.5. The minimum Gasteiger partial charge on any atom is -0.478 e. The van der Waals surface area contributed by atoms with E-state index in [1.807, 2.05) is 13.0 Å². The lowest BCUT2D eigenvalue weighted by molar-refractivity contribution is -0.136. The number of esters is 1. The van der Waals surface area contributed by atoms with Crippen LogP contribution in [0.5, 0.6) is 5.88 Å². The molecule has 1 heterocycles. The van der Waals surface area contributed by atoms with E-state index < -0.39 is 0 Å². The molecule has 0 unspecified atom stereocenters. The Balaban J connectivity index is 2.46. The van der Waals surface area contributed by atoms with E-state index in [1.165, 1.54) is 7.11 Å². The molecule has 18 heavy (non-hydrogen) atoms. The number of hydrogen-bond donors (Lipinski definition) is 1. The topological polar surface area (TPSA) is 60.5 Å². The minimum atomic E-state index is -0.318. The van der Waals surface area contributed by atoms with Crippen LogP contribution in [0, 0.1) is 0 Å². The van der Waals surface area contributed by atoms with E-state index in [2.05, 4.69) is 15.0 Å². The number of pyridine rings is 1. The summed E-state index contributed by atoms with van der Waals surface area (Å²) < 4.78 is 9.83. The Kier molecular flexibility index (Phi) is 5.70. The second-order valence-corrected chi connectivity index (χ2v) is 3.58. The SMILES string of the molecule is CCOc1ccc(NC/C=C(/C)C(=O)OC)cn1. The van der Waals surface area contributed by atoms with Gasteiger partial charge in [-0.3, -0.25) is 0 Å². The number of nitrogens with zero attached hydrogens (tertiary/aromatic N) is 1. The Bertz CT molecular complexity index is 413. The molecule has 1 aromatic heterocycles. The third-order valence-corrected chi connectivity index (χ3v) is 2.25. The quantitative estimate of drug-likeness (QED) is 0.618. The van der Waals surface area contributed by atoms with Gasteiger partial charge in [-0.05, 0) is 19.9 Å². The maximum atomic E-state index is 11.1. The summed E-state index contributed by atoms with van der Waals surface area (Å²) in [7, 11) is 1.36. The summed E-state index contributed by atoms with van der Waals surface area (Å²) in [5, 5.41) is 3.12. The summed E-state index contributed by atoms with van der Waals surface area (Å²) >= 11 is 0. The van der Waals surface area contributed by atoms with E-state index in [0.29, 0.717) is 24.6 Å². The fourth-order valence-corrected chi connectivity index (χ4v) is 1.28. The smallest absolute Gasteiger partial charge is 0.333 e. The zero-order valence-electron chi connectivity index (χ0n) is 10.9. The van der Waals surface area contributed by atoms with Gasteiger partial charge in [-0.25, -0.2) is 9.78 Å². The van der Waals surface area contributed by atoms with Crippen LogP contribution >= 0.6 is 0 Å². The van der Waals surface area contributed by atoms with Crippen LogP contribution in [0.15, 0.2) is 30.0 Å². The van der Waals surface area contributed by atoms with Crippen molar-refractivity contribution >= 4 is 11.7 Å². The third kappa shape index (κ3) is 4.45. The Morgan fingerprint density at radius 2 is 2.28 bits per heavy atom. The van der Waals surface area contributed by atoms with E-state index in [-0.39, 0.29) is 5.97 Å². The number of nitrogens with one attached hydrogen (secondary N) is 1. The lowest BCUT2D eigenvalue weighted by Crippen LogP contribution is -2.05. The highest BCUT2D eigenvalue weighted by Crippen LogP contribution is 2.11. The largest absolute Gasteiger partial charge is 0.478 e. The summed E-state index contributed by atoms with van der Waals surface area (Å²) in [6.07, 6.45) is 3.45. The monoisotopic (exact) mass is 250 g/mol. The van der Waals surface area contributed by atoms with Gasteiger partial charge in [0, 0.05) is 18.2 Å². The number of carbonyl (C=O) groups is 1. The Labute approximate surface area is 107 Å². The van der Waals surface area contributed by atoms with Crippen LogP contribution in [-0.4, -0.2) is 31.2 Å². The van der Waals surface area contributed by atoms with Crippen LogP contribution in [0.25, 0.3) is 0 Å². The van der Waals surface area contributed by atoms with E-state index in [0.717, 1.165) is 5.69 Å². The minimum absolute atomic E-state index is 0.318. The second kappa shape index (κ2) is 7.32. The molecule has 0 amide bonds. The summed E-state index contributed by atoms with van der Waals surface area (Å²) in [5.74, 6) is 0.283. The fraction of sp³-hybridized carbons (Fsp3) is 0.385. The van der Waals surface area contributed by atoms with Gasteiger partial charge in [0.2, 0.25) is 5.88 Å². The number of methoxy groups -OCH3 is 1. The Morgan fingerprint density at radius 1 is 1.50 bits per heavy atom. The van der Waals surface area contributed by atoms with Gasteiger partial charge in [0.25, 0.3) is 0 Å². The molecule has 1 aromatic rings. The van der Waals surface area contributed by atoms with Crippen molar-refractivity contribution in [1.82, 2.24) is 4.98 Å². The van der Waals surface area contributed by atoms with Crippen LogP contribution < -0.4 is 10.1 Å². The third-order valence-electron chi connectivity index (χ3n) is 2.25. The average Bonchev–Trinajstić information content (AvgIpc) is 2.40. The zero-order chi connectivity index (χ0) is 13.4. The van der Waals surface area contributed by atoms with Gasteiger partial charge in [-0.15, -0.1) is 0 Å². The maximum absolute atomic E-state index is 11.1. The molecule has 0 bridgehead atoms. The number of rotatable bonds is 6. The molecule has 0 aliphatic carbocycles. The number of ether oxygens (including phenoxy) is 2. The van der Waals surface area contributed by atoms with Crippen LogP contribution in [0.1, 0.15) is 13.8 Å². The molecule has 0 aromatic carbocycles. The van der Waals surface area contributed by atoms with Gasteiger partial charge in [-0.2, -0.15) is 0 Å². The summed E-state index contributed by atoms with van der Waals surface area (Å²) in [5.41, 5.74) is 1.44. The van der Waals surface area contributed by atoms with Crippen LogP contribution in [-0.2, 0) is 9.53 Å². The molecule has 0 fully saturated rings. The van der Waals surface area contributed by atoms with Gasteiger partial charge >= 0.3 is 5.97 Å². The predicted octanol–water partition coefficient (Wildman–Crippen LogP) is 2.01. The maximum Gasteiger partial charge on any atom is 0.333 e. The summed E-state index contributed by atoms with van der Waals surface area (Å²) in [4.78, 5) is 15.2. The normalized spacial score (nSPS) is 10.9. The molecule has 0 saturated heterocycles. The molecule has 0 saturated carbocycles. The van der Waals surface area contributed by atoms with E-state index in [9.17, 15) is 4.79 Å². The average molecular weight is 250 g/mol. The summed E-state index contributed by atoms with van der Waals surface area (Å²) in [6, 6.07) is 3.67. The van der Waals surface area contributed by atoms with E-state index in [4.69, 9.17) is 4.74 Å². The molecule has 1 rings (SSSR count).